The van der Waals surface area contributed by atoms with Crippen molar-refractivity contribution in [1.29, 1.82) is 0 Å². The summed E-state index contributed by atoms with van der Waals surface area (Å²) in [6, 6.07) is 6.29. The van der Waals surface area contributed by atoms with Crippen molar-refractivity contribution in [2.45, 2.75) is 31.3 Å². The number of nitro benzene ring substituents is 1. The van der Waals surface area contributed by atoms with Crippen molar-refractivity contribution in [1.82, 2.24) is 5.32 Å². The molecule has 0 spiro atoms. The zero-order valence-electron chi connectivity index (χ0n) is 13.8. The molecule has 3 N–H and O–H groups in total. The maximum absolute atomic E-state index is 12.3. The Bertz CT molecular complexity index is 763. The van der Waals surface area contributed by atoms with Crippen LogP contribution >= 0.6 is 0 Å². The van der Waals surface area contributed by atoms with E-state index in [-0.39, 0.29) is 31.2 Å². The second kappa shape index (κ2) is 7.73. The van der Waals surface area contributed by atoms with Gasteiger partial charge in [-0.2, -0.15) is 0 Å². The average molecular weight is 361 g/mol. The van der Waals surface area contributed by atoms with Crippen LogP contribution in [0.4, 0.5) is 5.69 Å². The number of ether oxygens (including phenoxy) is 1. The van der Waals surface area contributed by atoms with Gasteiger partial charge in [-0.15, -0.1) is 0 Å². The van der Waals surface area contributed by atoms with Crippen molar-refractivity contribution in [2.75, 3.05) is 6.61 Å². The van der Waals surface area contributed by atoms with Crippen molar-refractivity contribution in [3.8, 4) is 0 Å². The molecule has 0 aliphatic carbocycles. The summed E-state index contributed by atoms with van der Waals surface area (Å²) in [7, 11) is 0. The Balaban J connectivity index is 1.69. The SMILES string of the molecule is O=C1NC(=NCc2ccccc2[N+](=O)[O-])C=CC1[C@H]1C[C@@H](O)[C@@H](CO)O1. The second-order valence-corrected chi connectivity index (χ2v) is 6.16. The number of nitrogens with zero attached hydrogens (tertiary/aromatic N) is 2. The van der Waals surface area contributed by atoms with E-state index in [0.717, 1.165) is 0 Å². The molecule has 1 amide bonds. The molecule has 138 valence electrons. The van der Waals surface area contributed by atoms with Gasteiger partial charge in [0.25, 0.3) is 5.69 Å². The van der Waals surface area contributed by atoms with E-state index < -0.39 is 29.2 Å². The Labute approximate surface area is 149 Å². The van der Waals surface area contributed by atoms with Crippen LogP contribution in [0.25, 0.3) is 0 Å². The number of amides is 1. The normalized spacial score (nSPS) is 29.8. The highest BCUT2D eigenvalue weighted by molar-refractivity contribution is 6.08. The minimum absolute atomic E-state index is 0.0239. The van der Waals surface area contributed by atoms with E-state index in [0.29, 0.717) is 11.4 Å². The number of nitrogens with one attached hydrogen (secondary N) is 1. The van der Waals surface area contributed by atoms with Crippen LogP contribution in [-0.2, 0) is 16.1 Å². The van der Waals surface area contributed by atoms with E-state index in [2.05, 4.69) is 10.3 Å². The molecule has 1 fully saturated rings. The number of para-hydroxylation sites is 1. The molecule has 2 aliphatic heterocycles. The zero-order valence-corrected chi connectivity index (χ0v) is 13.8. The number of aliphatic imine (C=N–C) groups is 1. The lowest BCUT2D eigenvalue weighted by atomic mass is 9.95. The molecule has 1 saturated heterocycles. The molecule has 26 heavy (non-hydrogen) atoms. The van der Waals surface area contributed by atoms with E-state index in [1.54, 1.807) is 30.4 Å². The third-order valence-corrected chi connectivity index (χ3v) is 4.46. The first-order valence-corrected chi connectivity index (χ1v) is 8.19. The maximum Gasteiger partial charge on any atom is 0.274 e. The molecule has 2 aliphatic rings. The van der Waals surface area contributed by atoms with Gasteiger partial charge < -0.3 is 20.3 Å². The number of benzene rings is 1. The lowest BCUT2D eigenvalue weighted by molar-refractivity contribution is -0.385. The lowest BCUT2D eigenvalue weighted by Gasteiger charge is -2.23. The summed E-state index contributed by atoms with van der Waals surface area (Å²) in [5, 5.41) is 32.6. The smallest absolute Gasteiger partial charge is 0.274 e. The van der Waals surface area contributed by atoms with Crippen LogP contribution in [0.3, 0.4) is 0 Å². The molecule has 1 aromatic rings. The van der Waals surface area contributed by atoms with Crippen molar-refractivity contribution < 1.29 is 24.7 Å². The largest absolute Gasteiger partial charge is 0.394 e. The Morgan fingerprint density at radius 2 is 2.15 bits per heavy atom. The van der Waals surface area contributed by atoms with Gasteiger partial charge in [0, 0.05) is 12.5 Å². The monoisotopic (exact) mass is 361 g/mol. The highest BCUT2D eigenvalue weighted by Crippen LogP contribution is 2.28. The predicted molar refractivity (Wildman–Crippen MR) is 91.4 cm³/mol. The van der Waals surface area contributed by atoms with Gasteiger partial charge in [-0.05, 0) is 6.08 Å². The number of amidine groups is 1. The number of hydrogen-bond acceptors (Lipinski definition) is 7. The molecule has 0 bridgehead atoms. The molecule has 0 radical (unpaired) electrons. The number of carbonyl (C=O) groups excluding carboxylic acids is 1. The third-order valence-electron chi connectivity index (χ3n) is 4.46. The summed E-state index contributed by atoms with van der Waals surface area (Å²) < 4.78 is 5.51. The van der Waals surface area contributed by atoms with Crippen LogP contribution in [0.15, 0.2) is 41.4 Å². The lowest BCUT2D eigenvalue weighted by Crippen LogP contribution is -2.42. The minimum atomic E-state index is -0.806. The quantitative estimate of drug-likeness (QED) is 0.510. The molecular weight excluding hydrogens is 342 g/mol. The first-order valence-electron chi connectivity index (χ1n) is 8.19. The summed E-state index contributed by atoms with van der Waals surface area (Å²) in [6.07, 6.45) is 1.50. The van der Waals surface area contributed by atoms with Gasteiger partial charge in [0.05, 0.1) is 41.8 Å². The van der Waals surface area contributed by atoms with E-state index in [1.165, 1.54) is 6.07 Å². The predicted octanol–water partition coefficient (Wildman–Crippen LogP) is 0.306. The molecular formula is C17H19N3O6. The maximum atomic E-state index is 12.3. The van der Waals surface area contributed by atoms with E-state index in [9.17, 15) is 20.0 Å². The fourth-order valence-electron chi connectivity index (χ4n) is 3.07. The first-order chi connectivity index (χ1) is 12.5. The van der Waals surface area contributed by atoms with E-state index in [4.69, 9.17) is 9.84 Å². The zero-order chi connectivity index (χ0) is 18.7. The fourth-order valence-corrected chi connectivity index (χ4v) is 3.07. The molecule has 9 nitrogen and oxygen atoms in total. The highest BCUT2D eigenvalue weighted by atomic mass is 16.6. The number of aliphatic hydroxyl groups is 2. The standard InChI is InChI=1S/C17H19N3O6/c21-9-15-13(22)7-14(26-15)11-5-6-16(19-17(11)23)18-8-10-3-1-2-4-12(10)20(24)25/h1-6,11,13-15,21-22H,7-9H2,(H,18,19,23)/t11?,13-,14-,15-/m1/s1. The van der Waals surface area contributed by atoms with Crippen molar-refractivity contribution >= 4 is 17.4 Å². The van der Waals surface area contributed by atoms with Crippen LogP contribution in [-0.4, -0.2) is 51.8 Å². The Morgan fingerprint density at radius 1 is 1.38 bits per heavy atom. The van der Waals surface area contributed by atoms with Crippen LogP contribution in [0.5, 0.6) is 0 Å². The Morgan fingerprint density at radius 3 is 2.81 bits per heavy atom. The van der Waals surface area contributed by atoms with E-state index >= 15 is 0 Å². The van der Waals surface area contributed by atoms with Gasteiger partial charge in [-0.3, -0.25) is 19.9 Å². The molecule has 4 atom stereocenters. The summed E-state index contributed by atoms with van der Waals surface area (Å²) in [6.45, 7) is -0.245. The molecule has 1 unspecified atom stereocenters. The number of carbonyl (C=O) groups is 1. The van der Waals surface area contributed by atoms with Gasteiger partial charge in [-0.1, -0.05) is 24.3 Å². The summed E-state index contributed by atoms with van der Waals surface area (Å²) >= 11 is 0. The summed E-state index contributed by atoms with van der Waals surface area (Å²) in [4.78, 5) is 27.1. The molecule has 9 heteroatoms. The fraction of sp³-hybridized carbons (Fsp3) is 0.412. The van der Waals surface area contributed by atoms with Crippen molar-refractivity contribution in [3.05, 3.63) is 52.1 Å². The van der Waals surface area contributed by atoms with Gasteiger partial charge in [0.2, 0.25) is 5.91 Å². The Kier molecular flexibility index (Phi) is 5.40. The molecule has 2 heterocycles. The summed E-state index contributed by atoms with van der Waals surface area (Å²) in [5.41, 5.74) is 0.423. The van der Waals surface area contributed by atoms with Crippen LogP contribution in [0.1, 0.15) is 12.0 Å². The van der Waals surface area contributed by atoms with E-state index in [1.807, 2.05) is 0 Å². The molecule has 0 saturated carbocycles. The van der Waals surface area contributed by atoms with Gasteiger partial charge in [0.15, 0.2) is 0 Å². The third kappa shape index (κ3) is 3.79. The number of aliphatic hydroxyl groups excluding tert-OH is 2. The molecule has 3 rings (SSSR count). The first kappa shape index (κ1) is 18.2. The average Bonchev–Trinajstić information content (AvgIpc) is 3.00. The van der Waals surface area contributed by atoms with Gasteiger partial charge in [-0.25, -0.2) is 0 Å². The Hall–Kier alpha value is -2.62. The molecule has 0 aromatic heterocycles. The van der Waals surface area contributed by atoms with Crippen LogP contribution in [0.2, 0.25) is 0 Å². The van der Waals surface area contributed by atoms with Crippen molar-refractivity contribution in [2.24, 2.45) is 10.9 Å². The van der Waals surface area contributed by atoms with Gasteiger partial charge in [0.1, 0.15) is 11.9 Å². The second-order valence-electron chi connectivity index (χ2n) is 6.16. The molecule has 1 aromatic carbocycles. The number of hydrogen-bond donors (Lipinski definition) is 3. The number of nitro groups is 1. The van der Waals surface area contributed by atoms with Crippen molar-refractivity contribution in [3.63, 3.8) is 0 Å². The number of rotatable bonds is 5. The summed E-state index contributed by atoms with van der Waals surface area (Å²) in [5.74, 6) is -0.613. The van der Waals surface area contributed by atoms with Gasteiger partial charge >= 0.3 is 0 Å². The topological polar surface area (TPSA) is 134 Å². The minimum Gasteiger partial charge on any atom is -0.394 e. The van der Waals surface area contributed by atoms with Crippen LogP contribution in [0, 0.1) is 16.0 Å². The van der Waals surface area contributed by atoms with Crippen LogP contribution < -0.4 is 5.32 Å². The highest BCUT2D eigenvalue weighted by Gasteiger charge is 2.40.